The van der Waals surface area contributed by atoms with Crippen LogP contribution in [0.25, 0.3) is 11.3 Å². The summed E-state index contributed by atoms with van der Waals surface area (Å²) >= 11 is 0. The van der Waals surface area contributed by atoms with Crippen molar-refractivity contribution in [1.29, 1.82) is 0 Å². The maximum absolute atomic E-state index is 13.1. The highest BCUT2D eigenvalue weighted by atomic mass is 19.4. The molecule has 1 saturated heterocycles. The summed E-state index contributed by atoms with van der Waals surface area (Å²) in [6.45, 7) is 7.06. The van der Waals surface area contributed by atoms with Gasteiger partial charge >= 0.3 is 6.18 Å². The molecule has 3 heterocycles. The molecule has 1 fully saturated rings. The monoisotopic (exact) mass is 560 g/mol. The summed E-state index contributed by atoms with van der Waals surface area (Å²) in [4.78, 5) is 20.4. The van der Waals surface area contributed by atoms with E-state index in [-0.39, 0.29) is 6.04 Å². The van der Waals surface area contributed by atoms with Gasteiger partial charge in [0.2, 0.25) is 5.95 Å². The van der Waals surface area contributed by atoms with Crippen molar-refractivity contribution in [3.8, 4) is 11.3 Å². The summed E-state index contributed by atoms with van der Waals surface area (Å²) in [7, 11) is 2.03. The zero-order valence-electron chi connectivity index (χ0n) is 23.6. The maximum atomic E-state index is 13.1. The van der Waals surface area contributed by atoms with Crippen molar-refractivity contribution in [2.45, 2.75) is 51.5 Å². The first-order valence-electron chi connectivity index (χ1n) is 13.9. The normalized spacial score (nSPS) is 14.8. The second-order valence-electron chi connectivity index (χ2n) is 10.7. The van der Waals surface area contributed by atoms with Crippen LogP contribution < -0.4 is 9.80 Å². The van der Waals surface area contributed by atoms with Gasteiger partial charge in [0, 0.05) is 74.3 Å². The minimum atomic E-state index is -4.38. The number of likely N-dealkylation sites (tertiary alicyclic amines) is 1. The van der Waals surface area contributed by atoms with E-state index in [1.54, 1.807) is 24.7 Å². The van der Waals surface area contributed by atoms with Gasteiger partial charge in [0.05, 0.1) is 11.3 Å². The molecule has 0 atom stereocenters. The minimum absolute atomic E-state index is 0.243. The Morgan fingerprint density at radius 3 is 2.10 bits per heavy atom. The number of aromatic nitrogens is 3. The van der Waals surface area contributed by atoms with Crippen LogP contribution in [0.5, 0.6) is 0 Å². The fourth-order valence-corrected chi connectivity index (χ4v) is 5.29. The molecule has 214 valence electrons. The molecular formula is C32H35F3N6. The van der Waals surface area contributed by atoms with Crippen molar-refractivity contribution in [3.63, 3.8) is 0 Å². The van der Waals surface area contributed by atoms with E-state index < -0.39 is 11.7 Å². The molecule has 41 heavy (non-hydrogen) atoms. The van der Waals surface area contributed by atoms with Gasteiger partial charge in [-0.25, -0.2) is 9.97 Å². The van der Waals surface area contributed by atoms with Gasteiger partial charge in [-0.05, 0) is 74.7 Å². The molecule has 9 heteroatoms. The third-order valence-corrected chi connectivity index (χ3v) is 7.80. The molecule has 2 aromatic carbocycles. The highest BCUT2D eigenvalue weighted by Crippen LogP contribution is 2.32. The largest absolute Gasteiger partial charge is 0.416 e. The second-order valence-corrected chi connectivity index (χ2v) is 10.7. The van der Waals surface area contributed by atoms with Crippen molar-refractivity contribution >= 4 is 17.3 Å². The Balaban J connectivity index is 1.41. The average molecular weight is 561 g/mol. The number of pyridine rings is 1. The molecule has 5 rings (SSSR count). The van der Waals surface area contributed by atoms with Crippen LogP contribution in [0.4, 0.5) is 30.5 Å². The van der Waals surface area contributed by atoms with Gasteiger partial charge in [-0.15, -0.1) is 0 Å². The van der Waals surface area contributed by atoms with Gasteiger partial charge in [-0.3, -0.25) is 4.98 Å². The Bertz CT molecular complexity index is 1400. The van der Waals surface area contributed by atoms with Crippen LogP contribution in [0, 0.1) is 0 Å². The van der Waals surface area contributed by atoms with Crippen LogP contribution >= 0.6 is 0 Å². The predicted molar refractivity (Wildman–Crippen MR) is 157 cm³/mol. The number of piperidine rings is 1. The molecule has 0 saturated carbocycles. The number of nitrogens with zero attached hydrogens (tertiary/aromatic N) is 6. The Hall–Kier alpha value is -3.98. The summed E-state index contributed by atoms with van der Waals surface area (Å²) in [5, 5.41) is 0. The van der Waals surface area contributed by atoms with Crippen LogP contribution in [-0.2, 0) is 12.7 Å². The highest BCUT2D eigenvalue weighted by molar-refractivity contribution is 5.63. The fourth-order valence-electron chi connectivity index (χ4n) is 5.29. The molecule has 0 N–H and O–H groups in total. The Morgan fingerprint density at radius 1 is 0.854 bits per heavy atom. The van der Waals surface area contributed by atoms with Crippen LogP contribution in [0.3, 0.4) is 0 Å². The van der Waals surface area contributed by atoms with Crippen molar-refractivity contribution in [2.75, 3.05) is 29.9 Å². The quantitative estimate of drug-likeness (QED) is 0.227. The van der Waals surface area contributed by atoms with E-state index in [4.69, 9.17) is 4.98 Å². The lowest BCUT2D eigenvalue weighted by atomic mass is 10.0. The van der Waals surface area contributed by atoms with Crippen molar-refractivity contribution < 1.29 is 13.2 Å². The molecule has 0 aliphatic carbocycles. The maximum Gasteiger partial charge on any atom is 0.416 e. The lowest BCUT2D eigenvalue weighted by Gasteiger charge is -2.40. The Morgan fingerprint density at radius 2 is 1.49 bits per heavy atom. The summed E-state index contributed by atoms with van der Waals surface area (Å²) in [5.74, 6) is 0.586. The van der Waals surface area contributed by atoms with Gasteiger partial charge in [0.25, 0.3) is 0 Å². The molecule has 0 spiro atoms. The van der Waals surface area contributed by atoms with Crippen molar-refractivity contribution in [3.05, 3.63) is 96.4 Å². The smallest absolute Gasteiger partial charge is 0.345 e. The zero-order chi connectivity index (χ0) is 29.0. The molecule has 0 amide bonds. The number of hydrogen-bond donors (Lipinski definition) is 0. The van der Waals surface area contributed by atoms with Crippen LogP contribution in [0.15, 0.2) is 85.3 Å². The van der Waals surface area contributed by atoms with Crippen molar-refractivity contribution in [1.82, 2.24) is 19.9 Å². The average Bonchev–Trinajstić information content (AvgIpc) is 3.00. The molecule has 6 nitrogen and oxygen atoms in total. The Labute approximate surface area is 239 Å². The van der Waals surface area contributed by atoms with E-state index in [1.165, 1.54) is 12.1 Å². The number of halogens is 3. The first-order valence-corrected chi connectivity index (χ1v) is 13.9. The number of anilines is 3. The van der Waals surface area contributed by atoms with E-state index in [1.807, 2.05) is 19.2 Å². The predicted octanol–water partition coefficient (Wildman–Crippen LogP) is 7.20. The third-order valence-electron chi connectivity index (χ3n) is 7.80. The summed E-state index contributed by atoms with van der Waals surface area (Å²) < 4.78 is 39.3. The molecule has 4 aromatic rings. The zero-order valence-corrected chi connectivity index (χ0v) is 23.6. The highest BCUT2D eigenvalue weighted by Gasteiger charge is 2.30. The molecule has 0 bridgehead atoms. The first-order chi connectivity index (χ1) is 19.7. The van der Waals surface area contributed by atoms with Gasteiger partial charge in [0.15, 0.2) is 0 Å². The molecule has 2 aromatic heterocycles. The SMILES string of the molecule is CC(C)N1CCC(N(Cc2ccc(N(C)c3ccncc3)cc2)c2nccc(-c3ccc(C(F)(F)F)cc3)n2)CC1. The Kier molecular flexibility index (Phi) is 8.54. The topological polar surface area (TPSA) is 48.4 Å². The van der Waals surface area contributed by atoms with Crippen molar-refractivity contribution in [2.24, 2.45) is 0 Å². The molecule has 1 aliphatic heterocycles. The third kappa shape index (κ3) is 6.85. The molecular weight excluding hydrogens is 525 g/mol. The number of benzene rings is 2. The van der Waals surface area contributed by atoms with E-state index in [0.29, 0.717) is 29.8 Å². The molecule has 1 aliphatic rings. The summed E-state index contributed by atoms with van der Waals surface area (Å²) in [5.41, 5.74) is 3.80. The summed E-state index contributed by atoms with van der Waals surface area (Å²) in [6.07, 6.45) is 2.84. The summed E-state index contributed by atoms with van der Waals surface area (Å²) in [6, 6.07) is 20.0. The fraction of sp³-hybridized carbons (Fsp3) is 0.344. The number of rotatable bonds is 8. The molecule has 0 radical (unpaired) electrons. The van der Waals surface area contributed by atoms with Gasteiger partial charge in [-0.1, -0.05) is 24.3 Å². The van der Waals surface area contributed by atoms with E-state index in [2.05, 4.69) is 62.8 Å². The van der Waals surface area contributed by atoms with Crippen LogP contribution in [0.1, 0.15) is 37.8 Å². The number of hydrogen-bond acceptors (Lipinski definition) is 6. The van der Waals surface area contributed by atoms with Gasteiger partial charge in [-0.2, -0.15) is 13.2 Å². The minimum Gasteiger partial charge on any atom is -0.345 e. The molecule has 0 unspecified atom stereocenters. The standard InChI is InChI=1S/C32H35F3N6/c1-23(2)40-20-15-29(16-21-40)41(22-24-4-10-27(11-5-24)39(3)28-12-17-36-18-13-28)31-37-19-14-30(38-31)25-6-8-26(9-7-25)32(33,34)35/h4-14,17-19,23,29H,15-16,20-22H2,1-3H3. The van der Waals surface area contributed by atoms with E-state index in [9.17, 15) is 13.2 Å². The number of alkyl halides is 3. The van der Waals surface area contributed by atoms with Crippen LogP contribution in [-0.4, -0.2) is 52.1 Å². The lowest BCUT2D eigenvalue weighted by Crippen LogP contribution is -2.47. The van der Waals surface area contributed by atoms with E-state index in [0.717, 1.165) is 55.0 Å². The van der Waals surface area contributed by atoms with Gasteiger partial charge < -0.3 is 14.7 Å². The van der Waals surface area contributed by atoms with Gasteiger partial charge in [0.1, 0.15) is 0 Å². The lowest BCUT2D eigenvalue weighted by molar-refractivity contribution is -0.137. The second kappa shape index (κ2) is 12.3. The first kappa shape index (κ1) is 28.5. The van der Waals surface area contributed by atoms with Crippen LogP contribution in [0.2, 0.25) is 0 Å². The van der Waals surface area contributed by atoms with E-state index >= 15 is 0 Å².